The highest BCUT2D eigenvalue weighted by atomic mass is 35.5. The van der Waals surface area contributed by atoms with Gasteiger partial charge in [0.05, 0.1) is 5.75 Å². The summed E-state index contributed by atoms with van der Waals surface area (Å²) in [5.74, 6) is -0.156. The molecular weight excluding hydrogens is 293 g/mol. The van der Waals surface area contributed by atoms with Crippen molar-refractivity contribution in [2.45, 2.75) is 37.9 Å². The molecule has 0 aromatic rings. The third kappa shape index (κ3) is 8.12. The largest absolute Gasteiger partial charge is 0.389 e. The Bertz CT molecular complexity index is 344. The summed E-state index contributed by atoms with van der Waals surface area (Å²) in [5, 5.41) is 0. The molecule has 0 saturated heterocycles. The van der Waals surface area contributed by atoms with E-state index in [4.69, 9.17) is 5.73 Å². The summed E-state index contributed by atoms with van der Waals surface area (Å²) in [4.78, 5) is 0. The zero-order valence-corrected chi connectivity index (χ0v) is 11.4. The number of rotatable bonds is 7. The Labute approximate surface area is 111 Å². The highest BCUT2D eigenvalue weighted by Gasteiger charge is 2.30. The molecule has 3 N–H and O–H groups in total. The molecule has 110 valence electrons. The van der Waals surface area contributed by atoms with Gasteiger partial charge in [0.1, 0.15) is 0 Å². The summed E-state index contributed by atoms with van der Waals surface area (Å²) in [5.41, 5.74) is 5.68. The standard InChI is InChI=1S/C9H17F3N2O2S.ClH/c10-9(11,12)4-1-5-17(15,16)14-6-8(13)7-2-3-7;/h7-8,14H,1-6,13H2;1H. The fraction of sp³-hybridized carbons (Fsp3) is 1.00. The van der Waals surface area contributed by atoms with Crippen LogP contribution in [0.2, 0.25) is 0 Å². The third-order valence-electron chi connectivity index (χ3n) is 2.64. The van der Waals surface area contributed by atoms with Crippen LogP contribution in [-0.2, 0) is 10.0 Å². The number of nitrogens with two attached hydrogens (primary N) is 1. The van der Waals surface area contributed by atoms with Gasteiger partial charge < -0.3 is 5.73 Å². The van der Waals surface area contributed by atoms with Crippen molar-refractivity contribution in [1.29, 1.82) is 0 Å². The molecule has 0 aliphatic heterocycles. The number of hydrogen-bond acceptors (Lipinski definition) is 3. The van der Waals surface area contributed by atoms with Crippen molar-refractivity contribution < 1.29 is 21.6 Å². The van der Waals surface area contributed by atoms with Crippen LogP contribution in [0.1, 0.15) is 25.7 Å². The van der Waals surface area contributed by atoms with E-state index in [0.717, 1.165) is 12.8 Å². The normalized spacial score (nSPS) is 18.2. The van der Waals surface area contributed by atoms with E-state index in [1.54, 1.807) is 0 Å². The molecule has 0 amide bonds. The van der Waals surface area contributed by atoms with E-state index in [-0.39, 0.29) is 25.0 Å². The Morgan fingerprint density at radius 1 is 1.33 bits per heavy atom. The monoisotopic (exact) mass is 310 g/mol. The molecule has 0 spiro atoms. The van der Waals surface area contributed by atoms with Gasteiger partial charge in [0.15, 0.2) is 0 Å². The number of sulfonamides is 1. The maximum absolute atomic E-state index is 11.8. The Balaban J connectivity index is 0.00000289. The van der Waals surface area contributed by atoms with Crippen molar-refractivity contribution in [2.75, 3.05) is 12.3 Å². The molecule has 1 saturated carbocycles. The first-order chi connectivity index (χ1) is 7.70. The van der Waals surface area contributed by atoms with E-state index < -0.39 is 34.8 Å². The topological polar surface area (TPSA) is 72.2 Å². The molecule has 0 aromatic carbocycles. The summed E-state index contributed by atoms with van der Waals surface area (Å²) in [6.07, 6.45) is -3.81. The summed E-state index contributed by atoms with van der Waals surface area (Å²) >= 11 is 0. The minimum absolute atomic E-state index is 0. The van der Waals surface area contributed by atoms with Crippen molar-refractivity contribution in [3.8, 4) is 0 Å². The molecule has 18 heavy (non-hydrogen) atoms. The van der Waals surface area contributed by atoms with Crippen molar-refractivity contribution >= 4 is 22.4 Å². The van der Waals surface area contributed by atoms with Crippen LogP contribution < -0.4 is 10.5 Å². The summed E-state index contributed by atoms with van der Waals surface area (Å²) < 4.78 is 60.4. The molecule has 0 aromatic heterocycles. The van der Waals surface area contributed by atoms with E-state index in [1.807, 2.05) is 0 Å². The first-order valence-corrected chi connectivity index (χ1v) is 7.14. The van der Waals surface area contributed by atoms with Gasteiger partial charge in [-0.15, -0.1) is 12.4 Å². The fourth-order valence-electron chi connectivity index (χ4n) is 1.45. The summed E-state index contributed by atoms with van der Waals surface area (Å²) in [6.45, 7) is 0.110. The van der Waals surface area contributed by atoms with Crippen LogP contribution in [0.3, 0.4) is 0 Å². The average Bonchev–Trinajstić information content (AvgIpc) is 2.94. The first-order valence-electron chi connectivity index (χ1n) is 5.49. The predicted octanol–water partition coefficient (Wildman–Crippen LogP) is 1.41. The van der Waals surface area contributed by atoms with Gasteiger partial charge in [-0.25, -0.2) is 13.1 Å². The molecule has 0 heterocycles. The van der Waals surface area contributed by atoms with Crippen LogP contribution in [-0.4, -0.2) is 32.9 Å². The second-order valence-electron chi connectivity index (χ2n) is 4.39. The number of alkyl halides is 3. The molecule has 9 heteroatoms. The Morgan fingerprint density at radius 2 is 1.89 bits per heavy atom. The zero-order valence-electron chi connectivity index (χ0n) is 9.74. The Morgan fingerprint density at radius 3 is 2.33 bits per heavy atom. The van der Waals surface area contributed by atoms with Gasteiger partial charge >= 0.3 is 6.18 Å². The lowest BCUT2D eigenvalue weighted by atomic mass is 10.2. The number of hydrogen-bond donors (Lipinski definition) is 2. The highest BCUT2D eigenvalue weighted by molar-refractivity contribution is 7.89. The molecule has 0 radical (unpaired) electrons. The van der Waals surface area contributed by atoms with E-state index >= 15 is 0 Å². The van der Waals surface area contributed by atoms with Crippen molar-refractivity contribution in [1.82, 2.24) is 4.72 Å². The molecule has 0 bridgehead atoms. The second kappa shape index (κ2) is 6.93. The second-order valence-corrected chi connectivity index (χ2v) is 6.31. The van der Waals surface area contributed by atoms with Crippen LogP contribution in [0.25, 0.3) is 0 Å². The van der Waals surface area contributed by atoms with Crippen LogP contribution in [0.5, 0.6) is 0 Å². The Hall–Kier alpha value is -0.0500. The average molecular weight is 311 g/mol. The summed E-state index contributed by atoms with van der Waals surface area (Å²) in [7, 11) is -3.63. The third-order valence-corrected chi connectivity index (χ3v) is 4.07. The Kier molecular flexibility index (Phi) is 6.91. The maximum atomic E-state index is 11.8. The molecule has 1 aliphatic rings. The predicted molar refractivity (Wildman–Crippen MR) is 65.0 cm³/mol. The number of halogens is 4. The molecule has 1 unspecified atom stereocenters. The van der Waals surface area contributed by atoms with Crippen LogP contribution >= 0.6 is 12.4 Å². The quantitative estimate of drug-likeness (QED) is 0.747. The van der Waals surface area contributed by atoms with Crippen molar-refractivity contribution in [2.24, 2.45) is 11.7 Å². The van der Waals surface area contributed by atoms with E-state index in [9.17, 15) is 21.6 Å². The van der Waals surface area contributed by atoms with Crippen LogP contribution in [0.15, 0.2) is 0 Å². The lowest BCUT2D eigenvalue weighted by molar-refractivity contribution is -0.134. The fourth-order valence-corrected chi connectivity index (χ4v) is 2.56. The van der Waals surface area contributed by atoms with Gasteiger partial charge in [-0.3, -0.25) is 0 Å². The van der Waals surface area contributed by atoms with Gasteiger partial charge in [-0.05, 0) is 25.2 Å². The summed E-state index contributed by atoms with van der Waals surface area (Å²) in [6, 6.07) is -0.229. The first kappa shape index (κ1) is 17.9. The lowest BCUT2D eigenvalue weighted by Gasteiger charge is -2.12. The van der Waals surface area contributed by atoms with E-state index in [2.05, 4.69) is 4.72 Å². The molecule has 1 fully saturated rings. The van der Waals surface area contributed by atoms with E-state index in [1.165, 1.54) is 0 Å². The maximum Gasteiger partial charge on any atom is 0.389 e. The number of nitrogens with one attached hydrogen (secondary N) is 1. The molecular formula is C9H18ClF3N2O2S. The van der Waals surface area contributed by atoms with Gasteiger partial charge in [0.2, 0.25) is 10.0 Å². The minimum Gasteiger partial charge on any atom is -0.326 e. The van der Waals surface area contributed by atoms with Crippen molar-refractivity contribution in [3.63, 3.8) is 0 Å². The SMILES string of the molecule is Cl.NC(CNS(=O)(=O)CCCC(F)(F)F)C1CC1. The molecule has 1 rings (SSSR count). The lowest BCUT2D eigenvalue weighted by Crippen LogP contribution is -2.39. The van der Waals surface area contributed by atoms with Gasteiger partial charge in [0, 0.05) is 19.0 Å². The van der Waals surface area contributed by atoms with Crippen LogP contribution in [0, 0.1) is 5.92 Å². The minimum atomic E-state index is -4.31. The molecule has 1 aliphatic carbocycles. The molecule has 4 nitrogen and oxygen atoms in total. The van der Waals surface area contributed by atoms with E-state index in [0.29, 0.717) is 5.92 Å². The van der Waals surface area contributed by atoms with Gasteiger partial charge in [0.25, 0.3) is 0 Å². The zero-order chi connectivity index (χ0) is 13.1. The van der Waals surface area contributed by atoms with Crippen molar-refractivity contribution in [3.05, 3.63) is 0 Å². The smallest absolute Gasteiger partial charge is 0.326 e. The van der Waals surface area contributed by atoms with Crippen LogP contribution in [0.4, 0.5) is 13.2 Å². The van der Waals surface area contributed by atoms with Gasteiger partial charge in [-0.2, -0.15) is 13.2 Å². The molecule has 1 atom stereocenters. The highest BCUT2D eigenvalue weighted by Crippen LogP contribution is 2.31. The van der Waals surface area contributed by atoms with Gasteiger partial charge in [-0.1, -0.05) is 0 Å².